The topological polar surface area (TPSA) is 0 Å². The van der Waals surface area contributed by atoms with Crippen molar-refractivity contribution >= 4 is 0 Å². The van der Waals surface area contributed by atoms with Gasteiger partial charge in [-0.2, -0.15) is 0 Å². The Bertz CT molecular complexity index is 192. The molecule has 0 heteroatoms. The third-order valence-corrected chi connectivity index (χ3v) is 1.87. The van der Waals surface area contributed by atoms with Gasteiger partial charge in [0.2, 0.25) is 0 Å². The summed E-state index contributed by atoms with van der Waals surface area (Å²) in [4.78, 5) is 0. The molecule has 0 heterocycles. The van der Waals surface area contributed by atoms with Crippen LogP contribution in [0.3, 0.4) is 0 Å². The number of rotatable bonds is 0. The average molecular weight is 173 g/mol. The van der Waals surface area contributed by atoms with E-state index in [0.29, 0.717) is 0 Å². The third-order valence-electron chi connectivity index (χ3n) is 1.87. The highest BCUT2D eigenvalue weighted by atomic mass is 13.9. The van der Waals surface area contributed by atoms with Crippen molar-refractivity contribution in [3.63, 3.8) is 0 Å². The van der Waals surface area contributed by atoms with E-state index in [1.807, 2.05) is 0 Å². The summed E-state index contributed by atoms with van der Waals surface area (Å²) < 4.78 is 0. The second kappa shape index (κ2) is 7.60. The van der Waals surface area contributed by atoms with Crippen molar-refractivity contribution in [2.75, 3.05) is 0 Å². The first kappa shape index (κ1) is 10.0. The van der Waals surface area contributed by atoms with Crippen LogP contribution < -0.4 is 0 Å². The van der Waals surface area contributed by atoms with E-state index in [-0.39, 0.29) is 0 Å². The van der Waals surface area contributed by atoms with Gasteiger partial charge in [-0.1, -0.05) is 48.6 Å². The zero-order chi connectivity index (χ0) is 9.19. The molecule has 0 bridgehead atoms. The minimum atomic E-state index is 1.04. The molecule has 0 fully saturated rings. The highest BCUT2D eigenvalue weighted by Crippen LogP contribution is 1.99. The van der Waals surface area contributed by atoms with Crippen LogP contribution in [0.15, 0.2) is 48.6 Å². The zero-order valence-corrected chi connectivity index (χ0v) is 8.02. The van der Waals surface area contributed by atoms with Crippen molar-refractivity contribution < 1.29 is 0 Å². The van der Waals surface area contributed by atoms with Crippen LogP contribution in [0.1, 0.15) is 25.7 Å². The summed E-state index contributed by atoms with van der Waals surface area (Å²) in [6.07, 6.45) is 24.0. The normalized spacial score (nSPS) is 28.9. The molecule has 0 unspecified atom stereocenters. The zero-order valence-electron chi connectivity index (χ0n) is 8.02. The van der Waals surface area contributed by atoms with Crippen LogP contribution >= 0.6 is 0 Å². The van der Waals surface area contributed by atoms with Crippen molar-refractivity contribution in [1.82, 2.24) is 0 Å². The highest BCUT2D eigenvalue weighted by Gasteiger charge is 1.79. The molecule has 13 heavy (non-hydrogen) atoms. The van der Waals surface area contributed by atoms with Gasteiger partial charge >= 0.3 is 0 Å². The Morgan fingerprint density at radius 1 is 0.538 bits per heavy atom. The van der Waals surface area contributed by atoms with E-state index in [1.165, 1.54) is 0 Å². The van der Waals surface area contributed by atoms with E-state index in [0.717, 1.165) is 25.7 Å². The molecule has 0 atom stereocenters. The van der Waals surface area contributed by atoms with Crippen LogP contribution in [0, 0.1) is 6.42 Å². The Morgan fingerprint density at radius 2 is 1.31 bits per heavy atom. The lowest BCUT2D eigenvalue weighted by Crippen LogP contribution is -1.65. The standard InChI is InChI=1S/C13H17/c1-2-4-6-8-10-12-13-11-9-7-5-3-1/h1-5,8,10-11,13H,6-7,9,12H2/b2-1+,5-3+,10-8+,13-11+. The largest absolute Gasteiger partial charge is 0.0879 e. The third kappa shape index (κ3) is 6.15. The van der Waals surface area contributed by atoms with Crippen LogP contribution in [0.2, 0.25) is 0 Å². The van der Waals surface area contributed by atoms with E-state index in [2.05, 4.69) is 55.0 Å². The highest BCUT2D eigenvalue weighted by molar-refractivity contribution is 5.10. The van der Waals surface area contributed by atoms with Crippen LogP contribution in [-0.4, -0.2) is 0 Å². The van der Waals surface area contributed by atoms with Crippen LogP contribution in [0.25, 0.3) is 0 Å². The summed E-state index contributed by atoms with van der Waals surface area (Å²) >= 11 is 0. The van der Waals surface area contributed by atoms with Gasteiger partial charge < -0.3 is 0 Å². The smallest absolute Gasteiger partial charge is 0.0130 e. The molecule has 0 saturated carbocycles. The Kier molecular flexibility index (Phi) is 5.87. The van der Waals surface area contributed by atoms with Gasteiger partial charge in [-0.25, -0.2) is 0 Å². The first-order valence-corrected chi connectivity index (χ1v) is 4.95. The first-order chi connectivity index (χ1) is 6.50. The Labute approximate surface area is 81.4 Å². The Balaban J connectivity index is 2.38. The molecule has 0 saturated heterocycles. The minimum absolute atomic E-state index is 1.04. The van der Waals surface area contributed by atoms with Gasteiger partial charge in [-0.3, -0.25) is 0 Å². The van der Waals surface area contributed by atoms with Crippen molar-refractivity contribution in [1.29, 1.82) is 0 Å². The van der Waals surface area contributed by atoms with Crippen molar-refractivity contribution in [3.8, 4) is 0 Å². The Hall–Kier alpha value is -1.04. The summed E-state index contributed by atoms with van der Waals surface area (Å²) in [6, 6.07) is 0. The van der Waals surface area contributed by atoms with Gasteiger partial charge in [-0.15, -0.1) is 0 Å². The molecule has 1 radical (unpaired) electrons. The molecule has 1 aliphatic rings. The van der Waals surface area contributed by atoms with Gasteiger partial charge in [-0.05, 0) is 32.1 Å². The second-order valence-corrected chi connectivity index (χ2v) is 3.04. The summed E-state index contributed by atoms with van der Waals surface area (Å²) in [5, 5.41) is 0. The SMILES string of the molecule is [CH]1/C=C/C=C/CC/C=C/C/C=C/C1. The fraction of sp³-hybridized carbons (Fsp3) is 0.308. The molecule has 69 valence electrons. The molecule has 0 aromatic carbocycles. The lowest BCUT2D eigenvalue weighted by molar-refractivity contribution is 1.04. The fourth-order valence-corrected chi connectivity index (χ4v) is 1.15. The molecule has 0 aromatic rings. The predicted octanol–water partition coefficient (Wildman–Crippen LogP) is 3.99. The average Bonchev–Trinajstić information content (AvgIpc) is 2.18. The second-order valence-electron chi connectivity index (χ2n) is 3.04. The van der Waals surface area contributed by atoms with Crippen molar-refractivity contribution in [3.05, 3.63) is 55.0 Å². The minimum Gasteiger partial charge on any atom is -0.0879 e. The molecule has 1 aliphatic carbocycles. The van der Waals surface area contributed by atoms with Gasteiger partial charge in [0, 0.05) is 0 Å². The molecule has 0 aromatic heterocycles. The summed E-state index contributed by atoms with van der Waals surface area (Å²) in [5.41, 5.74) is 0. The fourth-order valence-electron chi connectivity index (χ4n) is 1.15. The van der Waals surface area contributed by atoms with E-state index >= 15 is 0 Å². The quantitative estimate of drug-likeness (QED) is 0.486. The first-order valence-electron chi connectivity index (χ1n) is 4.95. The molecular formula is C13H17. The molecule has 0 N–H and O–H groups in total. The molecule has 0 amide bonds. The lowest BCUT2D eigenvalue weighted by atomic mass is 10.2. The van der Waals surface area contributed by atoms with Crippen LogP contribution in [0.5, 0.6) is 0 Å². The molecule has 0 spiro atoms. The summed E-state index contributed by atoms with van der Waals surface area (Å²) in [6.45, 7) is 0. The van der Waals surface area contributed by atoms with E-state index < -0.39 is 0 Å². The lowest BCUT2D eigenvalue weighted by Gasteiger charge is -1.85. The van der Waals surface area contributed by atoms with Crippen molar-refractivity contribution in [2.24, 2.45) is 0 Å². The van der Waals surface area contributed by atoms with Gasteiger partial charge in [0.25, 0.3) is 0 Å². The summed E-state index contributed by atoms with van der Waals surface area (Å²) in [5.74, 6) is 0. The van der Waals surface area contributed by atoms with E-state index in [1.54, 1.807) is 0 Å². The number of hydrogen-bond donors (Lipinski definition) is 0. The maximum atomic E-state index is 2.25. The maximum Gasteiger partial charge on any atom is -0.0130 e. The van der Waals surface area contributed by atoms with Crippen molar-refractivity contribution in [2.45, 2.75) is 25.7 Å². The number of allylic oxidation sites excluding steroid dienone is 8. The van der Waals surface area contributed by atoms with E-state index in [4.69, 9.17) is 0 Å². The summed E-state index contributed by atoms with van der Waals surface area (Å²) in [7, 11) is 0. The van der Waals surface area contributed by atoms with Gasteiger partial charge in [0.05, 0.1) is 0 Å². The molecule has 1 rings (SSSR count). The molecule has 0 nitrogen and oxygen atoms in total. The van der Waals surface area contributed by atoms with Gasteiger partial charge in [0.15, 0.2) is 0 Å². The molecular weight excluding hydrogens is 156 g/mol. The monoisotopic (exact) mass is 173 g/mol. The van der Waals surface area contributed by atoms with Gasteiger partial charge in [0.1, 0.15) is 0 Å². The molecule has 0 aliphatic heterocycles. The Morgan fingerprint density at radius 3 is 2.31 bits per heavy atom. The van der Waals surface area contributed by atoms with E-state index in [9.17, 15) is 0 Å². The maximum absolute atomic E-state index is 2.25. The predicted molar refractivity (Wildman–Crippen MR) is 59.3 cm³/mol. The number of hydrogen-bond acceptors (Lipinski definition) is 0. The van der Waals surface area contributed by atoms with Crippen LogP contribution in [-0.2, 0) is 0 Å². The van der Waals surface area contributed by atoms with Crippen LogP contribution in [0.4, 0.5) is 0 Å².